The van der Waals surface area contributed by atoms with Crippen molar-refractivity contribution in [3.8, 4) is 0 Å². The highest BCUT2D eigenvalue weighted by Crippen LogP contribution is 2.31. The van der Waals surface area contributed by atoms with Crippen LogP contribution in [-0.2, 0) is 93.9 Å². The molecule has 376 valence electrons. The normalized spacial score (nSPS) is 12.6. The number of hydrogen-bond donors (Lipinski definition) is 0. The number of imidazole rings is 2. The van der Waals surface area contributed by atoms with Crippen molar-refractivity contribution in [2.45, 2.75) is 83.6 Å². The number of rotatable bonds is 11. The molecule has 0 unspecified atom stereocenters. The summed E-state index contributed by atoms with van der Waals surface area (Å²) < 4.78 is 239. The van der Waals surface area contributed by atoms with Gasteiger partial charge in [-0.2, -0.15) is 39.5 Å². The summed E-state index contributed by atoms with van der Waals surface area (Å²) in [5.41, 5.74) is -15.7. The zero-order valence-corrected chi connectivity index (χ0v) is 40.5. The molecule has 0 radical (unpaired) electrons. The maximum absolute atomic E-state index is 11.4. The van der Waals surface area contributed by atoms with E-state index in [9.17, 15) is 90.0 Å². The molecule has 0 spiro atoms. The van der Waals surface area contributed by atoms with Crippen molar-refractivity contribution < 1.29 is 104 Å². The van der Waals surface area contributed by atoms with Crippen LogP contribution in [0.4, 0.5) is 39.5 Å². The van der Waals surface area contributed by atoms with Crippen molar-refractivity contribution in [2.75, 3.05) is 18.8 Å². The Morgan fingerprint density at radius 3 is 1.19 bits per heavy atom. The Bertz CT molecular complexity index is 2400. The number of halogens is 9. The van der Waals surface area contributed by atoms with Crippen LogP contribution in [0.2, 0.25) is 0 Å². The van der Waals surface area contributed by atoms with Gasteiger partial charge in [0.1, 0.15) is 31.3 Å². The molecule has 3 heterocycles. The van der Waals surface area contributed by atoms with E-state index in [2.05, 4.69) is 109 Å². The Labute approximate surface area is 367 Å². The first-order chi connectivity index (χ1) is 28.3. The summed E-state index contributed by atoms with van der Waals surface area (Å²) in [6.07, 6.45) is 17.8. The van der Waals surface area contributed by atoms with Gasteiger partial charge in [0.15, 0.2) is 42.5 Å². The van der Waals surface area contributed by atoms with Gasteiger partial charge < -0.3 is 12.4 Å². The maximum atomic E-state index is 11.4. The van der Waals surface area contributed by atoms with Crippen molar-refractivity contribution in [3.63, 3.8) is 0 Å². The molecule has 0 aliphatic heterocycles. The fourth-order valence-electron chi connectivity index (χ4n) is 3.48. The van der Waals surface area contributed by atoms with Gasteiger partial charge in [0.2, 0.25) is 6.33 Å². The van der Waals surface area contributed by atoms with Crippen LogP contribution in [0.5, 0.6) is 0 Å². The minimum Gasteiger partial charge on any atom is -0.429 e. The zero-order chi connectivity index (χ0) is 51.6. The Morgan fingerprint density at radius 2 is 0.984 bits per heavy atom. The van der Waals surface area contributed by atoms with Gasteiger partial charge in [-0.3, -0.25) is 0 Å². The second-order valence-electron chi connectivity index (χ2n) is 12.4. The first kappa shape index (κ1) is 64.8. The molecular weight excluding hydrogens is 1020 g/mol. The number of pyridine rings is 1. The van der Waals surface area contributed by atoms with Crippen LogP contribution < -0.4 is 13.7 Å². The summed E-state index contributed by atoms with van der Waals surface area (Å²) in [6.45, 7) is 14.1. The first-order valence-electron chi connectivity index (χ1n) is 17.0. The number of sulfonamides is 6. The summed E-state index contributed by atoms with van der Waals surface area (Å²) >= 11 is 0. The number of aromatic nitrogens is 5. The molecule has 0 saturated carbocycles. The van der Waals surface area contributed by atoms with Gasteiger partial charge in [-0.25, -0.2) is 73.3 Å². The van der Waals surface area contributed by atoms with Crippen molar-refractivity contribution in [3.05, 3.63) is 79.4 Å². The SMILES string of the molecule is CCC[n+]1cccc(C)c1.CCCn1cc[n+](C)c1C.CCn1cc[n+](C)c1.CS(=O)(=O)[N-]S(=O)(=O)C(F)(F)F.CS(=O)(=O)[N-]S(=O)(=O)C(F)(F)F.CS(=O)(=O)[N-]S(=O)(=O)C(F)(F)F. The van der Waals surface area contributed by atoms with Crippen LogP contribution in [0.3, 0.4) is 0 Å². The smallest absolute Gasteiger partial charge is 0.429 e. The molecule has 3 aromatic heterocycles. The number of hydrogen-bond acceptors (Lipinski definition) is 12. The van der Waals surface area contributed by atoms with Crippen LogP contribution >= 0.6 is 0 Å². The maximum Gasteiger partial charge on any atom is 0.480 e. The molecule has 0 aliphatic rings. The minimum atomic E-state index is -5.92. The predicted octanol–water partition coefficient (Wildman–Crippen LogP) is 3.56. The highest BCUT2D eigenvalue weighted by molar-refractivity contribution is 8.13. The fourth-order valence-corrected chi connectivity index (χ4v) is 8.77. The largest absolute Gasteiger partial charge is 0.480 e. The quantitative estimate of drug-likeness (QED) is 0.197. The van der Waals surface area contributed by atoms with Gasteiger partial charge in [0.25, 0.3) is 5.82 Å². The lowest BCUT2D eigenvalue weighted by atomic mass is 10.3. The molecule has 0 saturated heterocycles. The van der Waals surface area contributed by atoms with Gasteiger partial charge >= 0.3 is 16.5 Å². The fraction of sp³-hybridized carbons (Fsp3) is 0.621. The van der Waals surface area contributed by atoms with E-state index in [1.807, 2.05) is 17.8 Å². The molecule has 35 heteroatoms. The Morgan fingerprint density at radius 1 is 0.594 bits per heavy atom. The van der Waals surface area contributed by atoms with E-state index in [0.717, 1.165) is 19.6 Å². The molecular formula is C29H49F9N8O12S6. The standard InChI is InChI=1S/C9H14N.C8H15N2.C6H11N2.3C2H3F3NO4S2/c1-3-6-10-7-4-5-9(2)8-10;1-4-5-10-7-6-9(3)8(10)2;1-3-8-5-4-7(2)6-8;3*1-11(7,8)6-12(9,10)2(3,4)5/h4-5,7-8H,3,6H2,1-2H3;6-7H,4-5H2,1-3H3;4-6H,3H2,1-2H3;3*1H3/q3*+1;3*-1. The third kappa shape index (κ3) is 29.1. The first-order valence-corrected chi connectivity index (χ1v) is 26.9. The summed E-state index contributed by atoms with van der Waals surface area (Å²) in [5.74, 6) is 1.32. The van der Waals surface area contributed by atoms with E-state index in [1.54, 1.807) is 12.4 Å². The van der Waals surface area contributed by atoms with E-state index in [1.165, 1.54) is 24.2 Å². The van der Waals surface area contributed by atoms with E-state index < -0.39 is 76.7 Å². The summed E-state index contributed by atoms with van der Waals surface area (Å²) in [7, 11) is -27.3. The molecule has 3 aromatic rings. The second-order valence-corrected chi connectivity index (χ2v) is 22.8. The van der Waals surface area contributed by atoms with Crippen LogP contribution in [0, 0.1) is 13.8 Å². The van der Waals surface area contributed by atoms with Crippen LogP contribution in [0.25, 0.3) is 12.4 Å². The van der Waals surface area contributed by atoms with E-state index in [0.29, 0.717) is 0 Å². The number of nitrogens with zero attached hydrogens (tertiary/aromatic N) is 8. The number of aryl methyl sites for hydroxylation is 6. The molecule has 0 fully saturated rings. The molecule has 3 rings (SSSR count). The van der Waals surface area contributed by atoms with Crippen LogP contribution in [-0.4, -0.2) is 94.9 Å². The zero-order valence-electron chi connectivity index (χ0n) is 35.6. The topological polar surface area (TPSA) is 269 Å². The summed E-state index contributed by atoms with van der Waals surface area (Å²) in [4.78, 5) is 0. The lowest BCUT2D eigenvalue weighted by Gasteiger charge is -2.19. The molecule has 0 bridgehead atoms. The Hall–Kier alpha value is -3.48. The summed E-state index contributed by atoms with van der Waals surface area (Å²) in [6, 6.07) is 4.21. The second kappa shape index (κ2) is 26.0. The summed E-state index contributed by atoms with van der Waals surface area (Å²) in [5, 5.41) is 0. The van der Waals surface area contributed by atoms with Crippen LogP contribution in [0.15, 0.2) is 55.6 Å². The highest BCUT2D eigenvalue weighted by atomic mass is 32.3. The van der Waals surface area contributed by atoms with Gasteiger partial charge in [0, 0.05) is 43.7 Å². The predicted molar refractivity (Wildman–Crippen MR) is 213 cm³/mol. The number of alkyl halides is 9. The van der Waals surface area contributed by atoms with E-state index >= 15 is 0 Å². The van der Waals surface area contributed by atoms with E-state index in [-0.39, 0.29) is 18.8 Å². The monoisotopic (exact) mass is 1060 g/mol. The minimum absolute atomic E-state index is 0.246. The van der Waals surface area contributed by atoms with Crippen molar-refractivity contribution in [1.29, 1.82) is 0 Å². The Balaban J connectivity index is -0.000000700. The lowest BCUT2D eigenvalue weighted by Crippen LogP contribution is -2.32. The van der Waals surface area contributed by atoms with Gasteiger partial charge in [-0.05, 0) is 26.3 Å². The van der Waals surface area contributed by atoms with Crippen molar-refractivity contribution in [2.24, 2.45) is 14.1 Å². The average molecular weight is 1070 g/mol. The molecule has 0 aliphatic carbocycles. The van der Waals surface area contributed by atoms with Crippen molar-refractivity contribution in [1.82, 2.24) is 9.13 Å². The molecule has 0 aromatic carbocycles. The average Bonchev–Trinajstić information content (AvgIpc) is 3.62. The van der Waals surface area contributed by atoms with Crippen LogP contribution in [0.1, 0.15) is 45.0 Å². The highest BCUT2D eigenvalue weighted by Gasteiger charge is 2.41. The molecule has 0 amide bonds. The molecule has 0 atom stereocenters. The molecule has 0 N–H and O–H groups in total. The van der Waals surface area contributed by atoms with Gasteiger partial charge in [0.05, 0.1) is 57.3 Å². The van der Waals surface area contributed by atoms with Gasteiger partial charge in [-0.15, -0.1) is 0 Å². The molecule has 20 nitrogen and oxygen atoms in total. The third-order valence-corrected chi connectivity index (χ3v) is 13.5. The Kier molecular flexibility index (Phi) is 26.3. The van der Waals surface area contributed by atoms with Gasteiger partial charge in [-0.1, -0.05) is 13.8 Å². The van der Waals surface area contributed by atoms with E-state index in [4.69, 9.17) is 0 Å². The molecule has 64 heavy (non-hydrogen) atoms. The third-order valence-electron chi connectivity index (χ3n) is 6.12. The van der Waals surface area contributed by atoms with Crippen molar-refractivity contribution >= 4 is 60.1 Å². The lowest BCUT2D eigenvalue weighted by molar-refractivity contribution is -0.697.